The molecule has 0 fully saturated rings. The van der Waals surface area contributed by atoms with Crippen LogP contribution in [0.1, 0.15) is 0 Å². The van der Waals surface area contributed by atoms with E-state index in [0.717, 1.165) is 0 Å². The second-order valence-corrected chi connectivity index (χ2v) is 0.297. The van der Waals surface area contributed by atoms with E-state index in [0.29, 0.717) is 0 Å². The quantitative estimate of drug-likeness (QED) is 0.206. The zero-order valence-corrected chi connectivity index (χ0v) is 2.47. The Morgan fingerprint density at radius 1 is 1.60 bits per heavy atom. The molecule has 0 radical (unpaired) electrons. The highest BCUT2D eigenvalue weighted by molar-refractivity contribution is 3.52. The van der Waals surface area contributed by atoms with Gasteiger partial charge in [-0.15, -0.1) is 15.6 Å². The zero-order valence-electron chi connectivity index (χ0n) is 2.47. The van der Waals surface area contributed by atoms with Gasteiger partial charge in [-0.05, 0) is 0 Å². The second kappa shape index (κ2) is 3.80. The average Bonchev–Trinajstić information content (AvgIpc) is 1.41. The fourth-order valence-electron chi connectivity index (χ4n) is 0.0278. The first-order valence-corrected chi connectivity index (χ1v) is 0.895. The number of nitrogens with one attached hydrogen (secondary N) is 1. The molecule has 0 saturated carbocycles. The van der Waals surface area contributed by atoms with Crippen molar-refractivity contribution in [2.45, 2.75) is 0 Å². The smallest absolute Gasteiger partial charge is 0.105 e. The minimum atomic E-state index is 1.67. The maximum Gasteiger partial charge on any atom is -0.105 e. The molecule has 0 aliphatic carbocycles. The molecule has 0 aromatic carbocycles. The van der Waals surface area contributed by atoms with E-state index in [1.54, 1.807) is 5.59 Å². The minimum absolute atomic E-state index is 1.67. The van der Waals surface area contributed by atoms with Crippen LogP contribution in [-0.2, 0) is 9.98 Å². The van der Waals surface area contributed by atoms with Crippen molar-refractivity contribution in [1.82, 2.24) is 5.59 Å². The lowest BCUT2D eigenvalue weighted by Crippen LogP contribution is -2.23. The van der Waals surface area contributed by atoms with Crippen molar-refractivity contribution >= 4 is 0 Å². The first-order chi connectivity index (χ1) is 2.41. The maximum absolute atomic E-state index is 4.46. The number of nitrogens with two attached hydrogens (primary N) is 2. The third-order valence-electron chi connectivity index (χ3n) is 0.0962. The minimum Gasteiger partial charge on any atom is -0.245 e. The number of hydrogen-bond donors (Lipinski definition) is 3. The summed E-state index contributed by atoms with van der Waals surface area (Å²) in [7, 11) is 0. The monoisotopic (exact) mass is 79.0 g/mol. The lowest BCUT2D eigenvalue weighted by Gasteiger charge is -1.86. The highest BCUT2D eigenvalue weighted by Gasteiger charge is 1.61. The number of rotatable bonds is 2. The predicted molar refractivity (Wildman–Crippen MR) is 13.7 cm³/mol. The van der Waals surface area contributed by atoms with Crippen LogP contribution >= 0.6 is 0 Å². The van der Waals surface area contributed by atoms with Crippen molar-refractivity contribution in [3.63, 3.8) is 0 Å². The van der Waals surface area contributed by atoms with Gasteiger partial charge in [0.25, 0.3) is 0 Å². The largest absolute Gasteiger partial charge is 0.245 e. The van der Waals surface area contributed by atoms with E-state index in [2.05, 4.69) is 21.7 Å². The molecule has 32 valence electrons. The molecule has 0 saturated heterocycles. The van der Waals surface area contributed by atoms with Crippen LogP contribution in [0, 0.1) is 0 Å². The summed E-state index contributed by atoms with van der Waals surface area (Å²) in [5.41, 5.74) is 1.67. The SMILES string of the molecule is NNOON. The summed E-state index contributed by atoms with van der Waals surface area (Å²) in [6.07, 6.45) is 0. The molecule has 5 heteroatoms. The van der Waals surface area contributed by atoms with E-state index in [1.807, 2.05) is 0 Å². The van der Waals surface area contributed by atoms with Gasteiger partial charge in [0.2, 0.25) is 0 Å². The third-order valence-corrected chi connectivity index (χ3v) is 0.0962. The Morgan fingerprint density at radius 3 is 2.20 bits per heavy atom. The van der Waals surface area contributed by atoms with Gasteiger partial charge in [-0.2, -0.15) is 5.90 Å². The van der Waals surface area contributed by atoms with Crippen molar-refractivity contribution in [3.8, 4) is 0 Å². The molecule has 0 spiro atoms. The highest BCUT2D eigenvalue weighted by atomic mass is 17.3. The molecule has 0 atom stereocenters. The molecule has 0 aliphatic heterocycles. The van der Waals surface area contributed by atoms with Crippen molar-refractivity contribution in [2.24, 2.45) is 11.7 Å². The van der Waals surface area contributed by atoms with Gasteiger partial charge in [-0.25, -0.2) is 5.84 Å². The summed E-state index contributed by atoms with van der Waals surface area (Å²) < 4.78 is 0. The highest BCUT2D eigenvalue weighted by Crippen LogP contribution is 1.43. The maximum atomic E-state index is 4.46. The lowest BCUT2D eigenvalue weighted by molar-refractivity contribution is -0.342. The van der Waals surface area contributed by atoms with Gasteiger partial charge in [0.05, 0.1) is 0 Å². The molecular weight excluding hydrogens is 74.0 g/mol. The van der Waals surface area contributed by atoms with Gasteiger partial charge in [-0.3, -0.25) is 0 Å². The molecule has 0 unspecified atom stereocenters. The summed E-state index contributed by atoms with van der Waals surface area (Å²) >= 11 is 0. The third kappa shape index (κ3) is 3.80. The average molecular weight is 79.1 g/mol. The Hall–Kier alpha value is -0.200. The molecular formula is H5N3O2. The van der Waals surface area contributed by atoms with Crippen molar-refractivity contribution in [1.29, 1.82) is 0 Å². The van der Waals surface area contributed by atoms with Crippen LogP contribution < -0.4 is 17.3 Å². The molecule has 0 bridgehead atoms. The second-order valence-electron chi connectivity index (χ2n) is 0.297. The summed E-state index contributed by atoms with van der Waals surface area (Å²) in [5, 5.41) is 0. The zero-order chi connectivity index (χ0) is 4.12. The molecule has 5 nitrogen and oxygen atoms in total. The molecule has 0 aromatic heterocycles. The van der Waals surface area contributed by atoms with Crippen LogP contribution in [0.15, 0.2) is 0 Å². The van der Waals surface area contributed by atoms with Crippen LogP contribution in [0.3, 0.4) is 0 Å². The molecule has 5 heavy (non-hydrogen) atoms. The van der Waals surface area contributed by atoms with Crippen LogP contribution in [0.2, 0.25) is 0 Å². The Kier molecular flexibility index (Phi) is 3.65. The van der Waals surface area contributed by atoms with Gasteiger partial charge in [0, 0.05) is 0 Å². The van der Waals surface area contributed by atoms with E-state index >= 15 is 0 Å². The van der Waals surface area contributed by atoms with Crippen molar-refractivity contribution < 1.29 is 9.98 Å². The first kappa shape index (κ1) is 4.80. The van der Waals surface area contributed by atoms with Gasteiger partial charge >= 0.3 is 0 Å². The molecule has 0 aromatic rings. The number of hydrogen-bond acceptors (Lipinski definition) is 5. The van der Waals surface area contributed by atoms with Crippen LogP contribution in [-0.4, -0.2) is 0 Å². The van der Waals surface area contributed by atoms with Crippen LogP contribution in [0.25, 0.3) is 0 Å². The fraction of sp³-hybridized carbons (Fsp3) is 0. The number of hydrazine groups is 1. The van der Waals surface area contributed by atoms with E-state index in [4.69, 9.17) is 0 Å². The van der Waals surface area contributed by atoms with Crippen molar-refractivity contribution in [3.05, 3.63) is 0 Å². The Morgan fingerprint density at radius 2 is 2.20 bits per heavy atom. The Labute approximate surface area is 28.6 Å². The topological polar surface area (TPSA) is 82.5 Å². The normalized spacial score (nSPS) is 8.40. The molecule has 0 rings (SSSR count). The van der Waals surface area contributed by atoms with Gasteiger partial charge in [-0.1, -0.05) is 0 Å². The molecule has 0 aliphatic rings. The Balaban J connectivity index is 2.19. The summed E-state index contributed by atoms with van der Waals surface area (Å²) in [4.78, 5) is 7.09. The molecule has 5 N–H and O–H groups in total. The van der Waals surface area contributed by atoms with Crippen molar-refractivity contribution in [2.75, 3.05) is 0 Å². The van der Waals surface area contributed by atoms with Gasteiger partial charge in [0.15, 0.2) is 0 Å². The lowest BCUT2D eigenvalue weighted by atomic mass is 12.8. The fourth-order valence-corrected chi connectivity index (χ4v) is 0.0278. The standard InChI is InChI=1S/H5N3O2/c1-3-5-4-2/h3H,1-2H2. The summed E-state index contributed by atoms with van der Waals surface area (Å²) in [6, 6.07) is 0. The van der Waals surface area contributed by atoms with E-state index in [-0.39, 0.29) is 0 Å². The van der Waals surface area contributed by atoms with E-state index in [1.165, 1.54) is 0 Å². The summed E-state index contributed by atoms with van der Waals surface area (Å²) in [5.74, 6) is 8.74. The summed E-state index contributed by atoms with van der Waals surface area (Å²) in [6.45, 7) is 0. The molecule has 0 amide bonds. The predicted octanol–water partition coefficient (Wildman–Crippen LogP) is -1.81. The Bertz CT molecular complexity index is 12.4. The molecule has 0 heterocycles. The first-order valence-electron chi connectivity index (χ1n) is 0.895. The van der Waals surface area contributed by atoms with E-state index in [9.17, 15) is 0 Å². The van der Waals surface area contributed by atoms with Gasteiger partial charge in [0.1, 0.15) is 0 Å². The van der Waals surface area contributed by atoms with E-state index < -0.39 is 0 Å². The van der Waals surface area contributed by atoms with Gasteiger partial charge < -0.3 is 0 Å². The van der Waals surface area contributed by atoms with Crippen LogP contribution in [0.4, 0.5) is 0 Å². The van der Waals surface area contributed by atoms with Crippen LogP contribution in [0.5, 0.6) is 0 Å².